The highest BCUT2D eigenvalue weighted by Gasteiger charge is 1.95. The van der Waals surface area contributed by atoms with E-state index in [4.69, 9.17) is 15.3 Å². The third kappa shape index (κ3) is 31.0. The number of carboxylic acids is 1. The van der Waals surface area contributed by atoms with Crippen molar-refractivity contribution in [2.45, 2.75) is 116 Å². The molecule has 0 bridgehead atoms. The maximum atomic E-state index is 10.3. The zero-order chi connectivity index (χ0) is 19.9. The van der Waals surface area contributed by atoms with Crippen molar-refractivity contribution in [1.29, 1.82) is 0 Å². The van der Waals surface area contributed by atoms with Crippen molar-refractivity contribution in [3.8, 4) is 0 Å². The van der Waals surface area contributed by atoms with E-state index in [1.807, 2.05) is 0 Å². The first-order valence-corrected chi connectivity index (χ1v) is 10.7. The number of carboxylic acid groups (broad SMARTS) is 1. The number of carbonyl (C=O) groups is 1. The lowest BCUT2D eigenvalue weighted by Crippen LogP contribution is -2.00. The van der Waals surface area contributed by atoms with Gasteiger partial charge in [0.25, 0.3) is 0 Å². The fourth-order valence-corrected chi connectivity index (χ4v) is 2.53. The van der Waals surface area contributed by atoms with Crippen LogP contribution >= 0.6 is 0 Å². The Morgan fingerprint density at radius 1 is 0.846 bits per heavy atom. The van der Waals surface area contributed by atoms with Gasteiger partial charge in [-0.2, -0.15) is 0 Å². The number of aliphatic hydroxyl groups is 2. The molecule has 0 aromatic rings. The van der Waals surface area contributed by atoms with Crippen molar-refractivity contribution in [1.82, 2.24) is 0 Å². The summed E-state index contributed by atoms with van der Waals surface area (Å²) in [5.41, 5.74) is 0. The molecule has 1 atom stereocenters. The molecule has 0 saturated carbocycles. The van der Waals surface area contributed by atoms with E-state index in [1.165, 1.54) is 70.6 Å². The van der Waals surface area contributed by atoms with Gasteiger partial charge in [0.2, 0.25) is 0 Å². The molecule has 0 aliphatic rings. The van der Waals surface area contributed by atoms with Crippen molar-refractivity contribution >= 4 is 5.97 Å². The second-order valence-corrected chi connectivity index (χ2v) is 7.09. The normalized spacial score (nSPS) is 12.0. The summed E-state index contributed by atoms with van der Waals surface area (Å²) < 4.78 is 0. The molecule has 0 aromatic carbocycles. The Bertz CT molecular complexity index is 301. The molecule has 0 spiro atoms. The summed E-state index contributed by atoms with van der Waals surface area (Å²) in [7, 11) is 0. The average Bonchev–Trinajstić information content (AvgIpc) is 2.58. The van der Waals surface area contributed by atoms with E-state index in [0.717, 1.165) is 12.8 Å². The van der Waals surface area contributed by atoms with Crippen LogP contribution in [0.4, 0.5) is 0 Å². The fraction of sp³-hybridized carbons (Fsp3) is 0.864. The molecule has 1 unspecified atom stereocenters. The molecule has 4 heteroatoms. The molecular weight excluding hydrogens is 328 g/mol. The van der Waals surface area contributed by atoms with Crippen LogP contribution in [0, 0.1) is 0 Å². The Labute approximate surface area is 161 Å². The monoisotopic (exact) mass is 372 g/mol. The Morgan fingerprint density at radius 3 is 1.69 bits per heavy atom. The molecule has 0 fully saturated rings. The molecule has 4 nitrogen and oxygen atoms in total. The quantitative estimate of drug-likeness (QED) is 0.221. The van der Waals surface area contributed by atoms with E-state index in [2.05, 4.69) is 19.1 Å². The van der Waals surface area contributed by atoms with Crippen LogP contribution in [0.3, 0.4) is 0 Å². The van der Waals surface area contributed by atoms with Gasteiger partial charge in [0.1, 0.15) is 0 Å². The molecule has 0 aliphatic carbocycles. The number of aliphatic carboxylic acids is 1. The Morgan fingerprint density at radius 2 is 1.31 bits per heavy atom. The topological polar surface area (TPSA) is 77.8 Å². The molecule has 156 valence electrons. The maximum absolute atomic E-state index is 10.3. The number of hydrogen-bond acceptors (Lipinski definition) is 3. The lowest BCUT2D eigenvalue weighted by molar-refractivity contribution is -0.137. The summed E-state index contributed by atoms with van der Waals surface area (Å²) in [6, 6.07) is 0. The van der Waals surface area contributed by atoms with Gasteiger partial charge in [-0.15, -0.1) is 0 Å². The van der Waals surface area contributed by atoms with Crippen LogP contribution < -0.4 is 0 Å². The molecule has 0 aliphatic heterocycles. The highest BCUT2D eigenvalue weighted by molar-refractivity contribution is 5.66. The standard InChI is InChI=1S/C18H34O2.C4H10O2/c1-2-3-4-5-6-7-8-9-10-11-12-13-14-15-16-17-18(19)20;1-4(6)2-3-5/h9-10H,2-8,11-17H2,1H3,(H,19,20);4-6H,2-3H2,1H3. The number of allylic oxidation sites excluding steroid dienone is 2. The number of unbranched alkanes of at least 4 members (excludes halogenated alkanes) is 11. The van der Waals surface area contributed by atoms with Crippen LogP contribution in [0.25, 0.3) is 0 Å². The summed E-state index contributed by atoms with van der Waals surface area (Å²) in [6.07, 6.45) is 21.4. The average molecular weight is 373 g/mol. The molecule has 0 saturated heterocycles. The third-order valence-corrected chi connectivity index (χ3v) is 4.20. The van der Waals surface area contributed by atoms with Crippen LogP contribution in [-0.2, 0) is 4.79 Å². The number of hydrogen-bond donors (Lipinski definition) is 3. The number of rotatable bonds is 17. The minimum atomic E-state index is -0.664. The lowest BCUT2D eigenvalue weighted by atomic mass is 10.1. The van der Waals surface area contributed by atoms with Crippen molar-refractivity contribution in [3.05, 3.63) is 12.2 Å². The Balaban J connectivity index is 0. The molecule has 0 rings (SSSR count). The van der Waals surface area contributed by atoms with Crippen LogP contribution in [0.1, 0.15) is 110 Å². The zero-order valence-electron chi connectivity index (χ0n) is 17.3. The summed E-state index contributed by atoms with van der Waals surface area (Å²) >= 11 is 0. The first kappa shape index (κ1) is 27.3. The van der Waals surface area contributed by atoms with Crippen molar-refractivity contribution in [3.63, 3.8) is 0 Å². The van der Waals surface area contributed by atoms with E-state index in [9.17, 15) is 4.79 Å². The minimum Gasteiger partial charge on any atom is -0.481 e. The zero-order valence-corrected chi connectivity index (χ0v) is 17.3. The summed E-state index contributed by atoms with van der Waals surface area (Å²) in [4.78, 5) is 10.3. The van der Waals surface area contributed by atoms with Gasteiger partial charge in [0, 0.05) is 13.0 Å². The maximum Gasteiger partial charge on any atom is 0.303 e. The molecule has 3 N–H and O–H groups in total. The lowest BCUT2D eigenvalue weighted by Gasteiger charge is -1.99. The van der Waals surface area contributed by atoms with Gasteiger partial charge >= 0.3 is 5.97 Å². The van der Waals surface area contributed by atoms with Crippen LogP contribution in [0.15, 0.2) is 12.2 Å². The van der Waals surface area contributed by atoms with Gasteiger partial charge in [0.05, 0.1) is 6.10 Å². The fourth-order valence-electron chi connectivity index (χ4n) is 2.53. The van der Waals surface area contributed by atoms with Crippen molar-refractivity contribution < 1.29 is 20.1 Å². The van der Waals surface area contributed by atoms with Crippen molar-refractivity contribution in [2.24, 2.45) is 0 Å². The summed E-state index contributed by atoms with van der Waals surface area (Å²) in [6.45, 7) is 3.99. The van der Waals surface area contributed by atoms with Gasteiger partial charge in [-0.3, -0.25) is 4.79 Å². The Kier molecular flexibility index (Phi) is 25.4. The molecule has 26 heavy (non-hydrogen) atoms. The van der Waals surface area contributed by atoms with Gasteiger partial charge < -0.3 is 15.3 Å². The highest BCUT2D eigenvalue weighted by atomic mass is 16.4. The van der Waals surface area contributed by atoms with Gasteiger partial charge in [0.15, 0.2) is 0 Å². The van der Waals surface area contributed by atoms with Gasteiger partial charge in [-0.1, -0.05) is 70.4 Å². The van der Waals surface area contributed by atoms with E-state index in [-0.39, 0.29) is 12.7 Å². The molecule has 0 amide bonds. The predicted octanol–water partition coefficient (Wildman–Crippen LogP) is 5.86. The van der Waals surface area contributed by atoms with Gasteiger partial charge in [-0.05, 0) is 45.4 Å². The SMILES string of the molecule is CC(O)CCO.CCCCCCCCC=CCCCCCCCC(=O)O. The molecular formula is C22H44O4. The first-order valence-electron chi connectivity index (χ1n) is 10.7. The van der Waals surface area contributed by atoms with Crippen molar-refractivity contribution in [2.75, 3.05) is 6.61 Å². The Hall–Kier alpha value is -0.870. The second kappa shape index (κ2) is 24.1. The molecule has 0 heterocycles. The van der Waals surface area contributed by atoms with E-state index in [0.29, 0.717) is 12.8 Å². The highest BCUT2D eigenvalue weighted by Crippen LogP contribution is 2.09. The van der Waals surface area contributed by atoms with Crippen LogP contribution in [0.5, 0.6) is 0 Å². The van der Waals surface area contributed by atoms with E-state index < -0.39 is 5.97 Å². The number of aliphatic hydroxyl groups excluding tert-OH is 2. The second-order valence-electron chi connectivity index (χ2n) is 7.09. The van der Waals surface area contributed by atoms with E-state index in [1.54, 1.807) is 6.92 Å². The summed E-state index contributed by atoms with van der Waals surface area (Å²) in [5, 5.41) is 25.0. The largest absolute Gasteiger partial charge is 0.481 e. The van der Waals surface area contributed by atoms with E-state index >= 15 is 0 Å². The summed E-state index contributed by atoms with van der Waals surface area (Å²) in [5.74, 6) is -0.664. The predicted molar refractivity (Wildman–Crippen MR) is 110 cm³/mol. The first-order chi connectivity index (χ1) is 12.5. The third-order valence-electron chi connectivity index (χ3n) is 4.20. The van der Waals surface area contributed by atoms with Crippen LogP contribution in [0.2, 0.25) is 0 Å². The minimum absolute atomic E-state index is 0.0810. The van der Waals surface area contributed by atoms with Crippen LogP contribution in [-0.4, -0.2) is 34.0 Å². The molecule has 0 radical (unpaired) electrons. The smallest absolute Gasteiger partial charge is 0.303 e. The molecule has 0 aromatic heterocycles. The van der Waals surface area contributed by atoms with Gasteiger partial charge in [-0.25, -0.2) is 0 Å².